The SMILES string of the molecule is CN1CC1CCCS(C)(=O)=O. The fraction of sp³-hybridized carbons (Fsp3) is 1.00. The largest absolute Gasteiger partial charge is 0.301 e. The van der Waals surface area contributed by atoms with Gasteiger partial charge in [0.05, 0.1) is 0 Å². The van der Waals surface area contributed by atoms with Gasteiger partial charge in [0.25, 0.3) is 0 Å². The van der Waals surface area contributed by atoms with Crippen LogP contribution in [0.15, 0.2) is 0 Å². The second-order valence-electron chi connectivity index (χ2n) is 3.37. The topological polar surface area (TPSA) is 37.1 Å². The van der Waals surface area contributed by atoms with E-state index >= 15 is 0 Å². The fourth-order valence-electron chi connectivity index (χ4n) is 1.18. The highest BCUT2D eigenvalue weighted by Gasteiger charge is 2.28. The van der Waals surface area contributed by atoms with E-state index in [1.807, 2.05) is 0 Å². The molecule has 0 radical (unpaired) electrons. The van der Waals surface area contributed by atoms with Crippen molar-refractivity contribution in [2.75, 3.05) is 25.6 Å². The third-order valence-corrected chi connectivity index (χ3v) is 3.07. The number of rotatable bonds is 4. The first-order chi connectivity index (χ1) is 4.99. The average molecular weight is 177 g/mol. The van der Waals surface area contributed by atoms with Crippen molar-refractivity contribution in [2.45, 2.75) is 18.9 Å². The van der Waals surface area contributed by atoms with E-state index in [4.69, 9.17) is 0 Å². The molecule has 0 aromatic heterocycles. The zero-order valence-corrected chi connectivity index (χ0v) is 7.89. The van der Waals surface area contributed by atoms with E-state index in [9.17, 15) is 8.42 Å². The molecule has 0 aromatic carbocycles. The van der Waals surface area contributed by atoms with Crippen molar-refractivity contribution in [1.82, 2.24) is 4.90 Å². The van der Waals surface area contributed by atoms with Crippen LogP contribution in [0.4, 0.5) is 0 Å². The van der Waals surface area contributed by atoms with Crippen molar-refractivity contribution in [3.63, 3.8) is 0 Å². The summed E-state index contributed by atoms with van der Waals surface area (Å²) in [4.78, 5) is 2.22. The molecule has 11 heavy (non-hydrogen) atoms. The van der Waals surface area contributed by atoms with Gasteiger partial charge in [-0.15, -0.1) is 0 Å². The first-order valence-electron chi connectivity index (χ1n) is 3.87. The summed E-state index contributed by atoms with van der Waals surface area (Å²) in [7, 11) is -0.667. The molecule has 1 rings (SSSR count). The van der Waals surface area contributed by atoms with Gasteiger partial charge < -0.3 is 4.90 Å². The molecule has 66 valence electrons. The number of sulfone groups is 1. The summed E-state index contributed by atoms with van der Waals surface area (Å²) >= 11 is 0. The van der Waals surface area contributed by atoms with Crippen molar-refractivity contribution >= 4 is 9.84 Å². The minimum absolute atomic E-state index is 0.345. The van der Waals surface area contributed by atoms with Gasteiger partial charge in [0.2, 0.25) is 0 Å². The third-order valence-electron chi connectivity index (χ3n) is 2.04. The standard InChI is InChI=1S/C7H15NO2S/c1-8-6-7(8)4-3-5-11(2,9)10/h7H,3-6H2,1-2H3. The first kappa shape index (κ1) is 9.00. The normalized spacial score (nSPS) is 30.4. The molecule has 0 N–H and O–H groups in total. The van der Waals surface area contributed by atoms with Crippen LogP contribution in [0, 0.1) is 0 Å². The molecule has 3 nitrogen and oxygen atoms in total. The van der Waals surface area contributed by atoms with E-state index in [0.717, 1.165) is 19.4 Å². The summed E-state index contributed by atoms with van der Waals surface area (Å²) in [5, 5.41) is 0. The van der Waals surface area contributed by atoms with Gasteiger partial charge in [0, 0.05) is 24.6 Å². The average Bonchev–Trinajstić information content (AvgIpc) is 2.43. The fourth-order valence-corrected chi connectivity index (χ4v) is 1.87. The highest BCUT2D eigenvalue weighted by atomic mass is 32.2. The summed E-state index contributed by atoms with van der Waals surface area (Å²) in [6, 6.07) is 0.664. The summed E-state index contributed by atoms with van der Waals surface area (Å²) in [6.07, 6.45) is 3.14. The van der Waals surface area contributed by atoms with Crippen LogP contribution in [0.25, 0.3) is 0 Å². The van der Waals surface area contributed by atoms with E-state index in [1.54, 1.807) is 0 Å². The number of likely N-dealkylation sites (N-methyl/N-ethyl adjacent to an activating group) is 1. The minimum Gasteiger partial charge on any atom is -0.301 e. The number of hydrogen-bond acceptors (Lipinski definition) is 3. The van der Waals surface area contributed by atoms with Crippen molar-refractivity contribution in [1.29, 1.82) is 0 Å². The maximum atomic E-state index is 10.7. The van der Waals surface area contributed by atoms with Gasteiger partial charge in [-0.05, 0) is 19.9 Å². The molecule has 0 saturated carbocycles. The molecule has 2 atom stereocenters. The lowest BCUT2D eigenvalue weighted by Gasteiger charge is -1.96. The first-order valence-corrected chi connectivity index (χ1v) is 5.93. The van der Waals surface area contributed by atoms with Crippen molar-refractivity contribution in [3.05, 3.63) is 0 Å². The lowest BCUT2D eigenvalue weighted by Crippen LogP contribution is -2.04. The highest BCUT2D eigenvalue weighted by molar-refractivity contribution is 7.90. The Morgan fingerprint density at radius 1 is 1.55 bits per heavy atom. The smallest absolute Gasteiger partial charge is 0.147 e. The Morgan fingerprint density at radius 3 is 2.45 bits per heavy atom. The molecule has 0 bridgehead atoms. The summed E-state index contributed by atoms with van der Waals surface area (Å²) in [5.74, 6) is 0.345. The Labute approximate surface area is 68.3 Å². The lowest BCUT2D eigenvalue weighted by atomic mass is 10.3. The van der Waals surface area contributed by atoms with Crippen molar-refractivity contribution in [2.24, 2.45) is 0 Å². The van der Waals surface area contributed by atoms with E-state index in [-0.39, 0.29) is 0 Å². The summed E-state index contributed by atoms with van der Waals surface area (Å²) < 4.78 is 21.4. The molecule has 4 heteroatoms. The van der Waals surface area contributed by atoms with Crippen LogP contribution >= 0.6 is 0 Å². The van der Waals surface area contributed by atoms with Gasteiger partial charge in [-0.2, -0.15) is 0 Å². The molecule has 1 aliphatic heterocycles. The molecule has 1 aliphatic rings. The number of nitrogens with zero attached hydrogens (tertiary/aromatic N) is 1. The second kappa shape index (κ2) is 3.11. The quantitative estimate of drug-likeness (QED) is 0.573. The molecule has 1 heterocycles. The summed E-state index contributed by atoms with van der Waals surface area (Å²) in [6.45, 7) is 1.14. The predicted octanol–water partition coefficient (Wildman–Crippen LogP) is 0.125. The summed E-state index contributed by atoms with van der Waals surface area (Å²) in [5.41, 5.74) is 0. The zero-order chi connectivity index (χ0) is 8.48. The van der Waals surface area contributed by atoms with E-state index in [2.05, 4.69) is 11.9 Å². The zero-order valence-electron chi connectivity index (χ0n) is 7.08. The molecular formula is C7H15NO2S. The minimum atomic E-state index is -2.73. The highest BCUT2D eigenvalue weighted by Crippen LogP contribution is 2.18. The molecule has 0 amide bonds. The van der Waals surface area contributed by atoms with Gasteiger partial charge >= 0.3 is 0 Å². The Bertz CT molecular complexity index is 223. The van der Waals surface area contributed by atoms with Gasteiger partial charge in [0.1, 0.15) is 9.84 Å². The van der Waals surface area contributed by atoms with Crippen LogP contribution in [0.3, 0.4) is 0 Å². The van der Waals surface area contributed by atoms with E-state index in [1.165, 1.54) is 6.26 Å². The van der Waals surface area contributed by atoms with Gasteiger partial charge in [-0.25, -0.2) is 8.42 Å². The van der Waals surface area contributed by atoms with Crippen LogP contribution < -0.4 is 0 Å². The Morgan fingerprint density at radius 2 is 2.09 bits per heavy atom. The monoisotopic (exact) mass is 177 g/mol. The third kappa shape index (κ3) is 3.72. The lowest BCUT2D eigenvalue weighted by molar-refractivity contribution is 0.571. The predicted molar refractivity (Wildman–Crippen MR) is 45.4 cm³/mol. The van der Waals surface area contributed by atoms with Crippen LogP contribution in [-0.4, -0.2) is 45.0 Å². The Balaban J connectivity index is 2.06. The molecule has 1 saturated heterocycles. The molecule has 0 aromatic rings. The maximum Gasteiger partial charge on any atom is 0.147 e. The van der Waals surface area contributed by atoms with Crippen LogP contribution in [0.5, 0.6) is 0 Å². The van der Waals surface area contributed by atoms with Gasteiger partial charge in [0.15, 0.2) is 0 Å². The van der Waals surface area contributed by atoms with Crippen LogP contribution in [-0.2, 0) is 9.84 Å². The Kier molecular flexibility index (Phi) is 2.54. The maximum absolute atomic E-state index is 10.7. The Hall–Kier alpha value is -0.0900. The van der Waals surface area contributed by atoms with E-state index in [0.29, 0.717) is 11.8 Å². The van der Waals surface area contributed by atoms with Crippen LogP contribution in [0.2, 0.25) is 0 Å². The van der Waals surface area contributed by atoms with Gasteiger partial charge in [-0.1, -0.05) is 0 Å². The molecule has 0 aliphatic carbocycles. The van der Waals surface area contributed by atoms with Crippen molar-refractivity contribution < 1.29 is 8.42 Å². The van der Waals surface area contributed by atoms with Crippen molar-refractivity contribution in [3.8, 4) is 0 Å². The molecular weight excluding hydrogens is 162 g/mol. The van der Waals surface area contributed by atoms with E-state index < -0.39 is 9.84 Å². The second-order valence-corrected chi connectivity index (χ2v) is 5.63. The molecule has 0 spiro atoms. The molecule has 2 unspecified atom stereocenters. The number of hydrogen-bond donors (Lipinski definition) is 0. The van der Waals surface area contributed by atoms with Crippen LogP contribution in [0.1, 0.15) is 12.8 Å². The molecule has 1 fully saturated rings. The van der Waals surface area contributed by atoms with Gasteiger partial charge in [-0.3, -0.25) is 0 Å².